The minimum atomic E-state index is -2.56. The normalized spacial score (nSPS) is 26.9. The van der Waals surface area contributed by atoms with Crippen LogP contribution in [0.1, 0.15) is 64.5 Å². The van der Waals surface area contributed by atoms with Crippen LogP contribution in [-0.4, -0.2) is 81.5 Å². The fourth-order valence-corrected chi connectivity index (χ4v) is 5.56. The van der Waals surface area contributed by atoms with Crippen LogP contribution >= 0.6 is 20.2 Å². The summed E-state index contributed by atoms with van der Waals surface area (Å²) in [4.78, 5) is 49.8. The van der Waals surface area contributed by atoms with Crippen LogP contribution in [-0.2, 0) is 32.8 Å². The molecule has 1 aromatic carbocycles. The Labute approximate surface area is 250 Å². The minimum absolute atomic E-state index is 0.0678. The first-order valence-electron chi connectivity index (χ1n) is 13.7. The molecule has 0 saturated carbocycles. The van der Waals surface area contributed by atoms with E-state index in [0.29, 0.717) is 23.4 Å². The predicted molar refractivity (Wildman–Crippen MR) is 150 cm³/mol. The lowest BCUT2D eigenvalue weighted by atomic mass is 9.97. The number of aliphatic hydroxyl groups excluding tert-OH is 2. The third-order valence-corrected chi connectivity index (χ3v) is 7.53. The number of aliphatic hydroxyl groups is 2. The molecule has 4 N–H and O–H groups in total. The number of hydrogen-bond acceptors (Lipinski definition) is 11. The van der Waals surface area contributed by atoms with Crippen molar-refractivity contribution in [2.45, 2.75) is 89.2 Å². The topological polar surface area (TPSA) is 173 Å². The van der Waals surface area contributed by atoms with Gasteiger partial charge >= 0.3 is 26.6 Å². The first kappa shape index (κ1) is 34.1. The number of halogens is 1. The quantitative estimate of drug-likeness (QED) is 0.165. The highest BCUT2D eigenvalue weighted by Gasteiger charge is 2.59. The Balaban J connectivity index is 1.87. The van der Waals surface area contributed by atoms with Crippen LogP contribution in [0.25, 0.3) is 0 Å². The zero-order chi connectivity index (χ0) is 30.9. The molecule has 2 aliphatic rings. The van der Waals surface area contributed by atoms with E-state index >= 15 is 0 Å². The summed E-state index contributed by atoms with van der Waals surface area (Å²) < 4.78 is 29.0. The number of rotatable bonds is 15. The van der Waals surface area contributed by atoms with Gasteiger partial charge < -0.3 is 43.7 Å². The molecular weight excluding hydrogens is 595 g/mol. The summed E-state index contributed by atoms with van der Waals surface area (Å²) in [7, 11) is -2.56. The smallest absolute Gasteiger partial charge is 0.330 e. The number of nitrogens with zero attached hydrogens (tertiary/aromatic N) is 1. The lowest BCUT2D eigenvalue weighted by molar-refractivity contribution is -0.172. The van der Waals surface area contributed by atoms with E-state index in [0.717, 1.165) is 4.90 Å². The van der Waals surface area contributed by atoms with Crippen LogP contribution in [0.5, 0.6) is 0 Å². The summed E-state index contributed by atoms with van der Waals surface area (Å²) in [6.45, 7) is 4.48. The monoisotopic (exact) mass is 632 g/mol. The first-order chi connectivity index (χ1) is 20.0. The number of benzene rings is 1. The molecule has 3 rings (SSSR count). The molecule has 2 heterocycles. The van der Waals surface area contributed by atoms with Gasteiger partial charge in [-0.05, 0) is 43.5 Å². The minimum Gasteiger partial charge on any atom is -0.455 e. The van der Waals surface area contributed by atoms with Crippen LogP contribution in [0.15, 0.2) is 36.5 Å². The average Bonchev–Trinajstić information content (AvgIpc) is 3.18. The molecule has 0 bridgehead atoms. The second kappa shape index (κ2) is 15.9. The Morgan fingerprint density at radius 3 is 2.52 bits per heavy atom. The van der Waals surface area contributed by atoms with E-state index in [1.54, 1.807) is 38.1 Å². The number of hydrogen-bond donors (Lipinski definition) is 4. The fourth-order valence-electron chi connectivity index (χ4n) is 4.49. The van der Waals surface area contributed by atoms with Crippen LogP contribution in [0.3, 0.4) is 0 Å². The molecule has 13 nitrogen and oxygen atoms in total. The number of carbonyl (C=O) groups is 3. The van der Waals surface area contributed by atoms with Gasteiger partial charge in [-0.25, -0.2) is 4.79 Å². The summed E-state index contributed by atoms with van der Waals surface area (Å²) in [5.74, 6) is -1.18. The van der Waals surface area contributed by atoms with E-state index in [1.807, 2.05) is 0 Å². The van der Waals surface area contributed by atoms with Crippen molar-refractivity contribution in [1.29, 1.82) is 0 Å². The zero-order valence-corrected chi connectivity index (χ0v) is 25.3. The van der Waals surface area contributed by atoms with E-state index in [2.05, 4.69) is 5.32 Å². The van der Waals surface area contributed by atoms with Gasteiger partial charge in [0.05, 0.1) is 12.7 Å². The zero-order valence-electron chi connectivity index (χ0n) is 23.7. The Kier molecular flexibility index (Phi) is 12.9. The van der Waals surface area contributed by atoms with Gasteiger partial charge in [0.25, 0.3) is 0 Å². The van der Waals surface area contributed by atoms with Crippen LogP contribution < -0.4 is 5.32 Å². The third-order valence-electron chi connectivity index (χ3n) is 6.51. The molecule has 2 aliphatic heterocycles. The van der Waals surface area contributed by atoms with Gasteiger partial charge in [0.2, 0.25) is 0 Å². The highest BCUT2D eigenvalue weighted by Crippen LogP contribution is 2.45. The number of nitrogens with one attached hydrogen (secondary N) is 1. The SMILES string of the molecule is CCCC(=O)O[C@H]1[C@H](N2C=CC(O)NC2=O)O[C@](C)(COP(O)O[C@@H](CCO)c2cccc(Cl)c2)[C@H]1OC(=O)CCC. The van der Waals surface area contributed by atoms with E-state index in [-0.39, 0.29) is 25.9 Å². The van der Waals surface area contributed by atoms with Crippen LogP contribution in [0.4, 0.5) is 4.79 Å². The highest BCUT2D eigenvalue weighted by molar-refractivity contribution is 7.40. The molecule has 1 saturated heterocycles. The van der Waals surface area contributed by atoms with Gasteiger partial charge in [-0.2, -0.15) is 0 Å². The molecule has 1 aromatic rings. The molecule has 15 heteroatoms. The van der Waals surface area contributed by atoms with Gasteiger partial charge in [-0.15, -0.1) is 0 Å². The molecule has 0 spiro atoms. The number of amides is 2. The largest absolute Gasteiger partial charge is 0.455 e. The summed E-state index contributed by atoms with van der Waals surface area (Å²) in [5, 5.41) is 22.1. The summed E-state index contributed by atoms with van der Waals surface area (Å²) >= 11 is 6.09. The van der Waals surface area contributed by atoms with E-state index in [1.165, 1.54) is 19.2 Å². The molecule has 0 radical (unpaired) electrons. The number of urea groups is 1. The maximum absolute atomic E-state index is 12.8. The van der Waals surface area contributed by atoms with Crippen molar-refractivity contribution in [3.8, 4) is 0 Å². The molecule has 2 unspecified atom stereocenters. The van der Waals surface area contributed by atoms with Crippen LogP contribution in [0, 0.1) is 0 Å². The molecule has 42 heavy (non-hydrogen) atoms. The Hall–Kier alpha value is -2.35. The van der Waals surface area contributed by atoms with Crippen molar-refractivity contribution in [2.24, 2.45) is 0 Å². The molecule has 2 amide bonds. The Morgan fingerprint density at radius 1 is 1.21 bits per heavy atom. The lowest BCUT2D eigenvalue weighted by Gasteiger charge is -2.32. The van der Waals surface area contributed by atoms with Gasteiger partial charge in [-0.3, -0.25) is 14.5 Å². The number of ether oxygens (including phenoxy) is 3. The fraction of sp³-hybridized carbons (Fsp3) is 0.593. The predicted octanol–water partition coefficient (Wildman–Crippen LogP) is 3.41. The second-order valence-corrected chi connectivity index (χ2v) is 11.4. The van der Waals surface area contributed by atoms with Gasteiger partial charge in [0, 0.05) is 37.1 Å². The first-order valence-corrected chi connectivity index (χ1v) is 15.2. The second-order valence-electron chi connectivity index (χ2n) is 10.0. The summed E-state index contributed by atoms with van der Waals surface area (Å²) in [6.07, 6.45) is -1.95. The van der Waals surface area contributed by atoms with Crippen molar-refractivity contribution in [3.63, 3.8) is 0 Å². The molecule has 0 aliphatic carbocycles. The van der Waals surface area contributed by atoms with Crippen LogP contribution in [0.2, 0.25) is 5.02 Å². The molecule has 7 atom stereocenters. The van der Waals surface area contributed by atoms with E-state index in [9.17, 15) is 29.5 Å². The van der Waals surface area contributed by atoms with Crippen molar-refractivity contribution < 1.29 is 52.7 Å². The molecule has 234 valence electrons. The van der Waals surface area contributed by atoms with Crippen molar-refractivity contribution in [2.75, 3.05) is 13.2 Å². The Morgan fingerprint density at radius 2 is 1.90 bits per heavy atom. The highest BCUT2D eigenvalue weighted by atomic mass is 35.5. The average molecular weight is 633 g/mol. The van der Waals surface area contributed by atoms with Gasteiger partial charge in [-0.1, -0.05) is 37.6 Å². The van der Waals surface area contributed by atoms with Gasteiger partial charge in [0.15, 0.2) is 18.4 Å². The lowest BCUT2D eigenvalue weighted by Crippen LogP contribution is -2.54. The summed E-state index contributed by atoms with van der Waals surface area (Å²) in [6, 6.07) is 6.02. The standard InChI is InChI=1S/C27H38ClN2O11P/c1-4-7-21(33)38-23-24(39-22(34)8-5-2)27(3,40-25(23)30-13-11-20(32)29-26(30)35)16-37-42(36)41-19(12-14-31)17-9-6-10-18(28)15-17/h6,9-11,13,15,19-20,23-25,31-32,36H,4-5,7-8,12,14,16H2,1-3H3,(H,29,35)/t19-,20?,23+,24-,25+,27+,42?/m0/s1. The third kappa shape index (κ3) is 9.08. The number of esters is 2. The summed E-state index contributed by atoms with van der Waals surface area (Å²) in [5.41, 5.74) is -0.922. The van der Waals surface area contributed by atoms with E-state index < -0.39 is 69.5 Å². The maximum Gasteiger partial charge on any atom is 0.330 e. The van der Waals surface area contributed by atoms with Crippen molar-refractivity contribution in [3.05, 3.63) is 47.1 Å². The van der Waals surface area contributed by atoms with Gasteiger partial charge in [0.1, 0.15) is 11.8 Å². The Bertz CT molecular complexity index is 1110. The maximum atomic E-state index is 12.8. The van der Waals surface area contributed by atoms with Crippen molar-refractivity contribution >= 4 is 38.2 Å². The number of carbonyl (C=O) groups excluding carboxylic acids is 3. The van der Waals surface area contributed by atoms with Crippen molar-refractivity contribution in [1.82, 2.24) is 10.2 Å². The molecule has 1 fully saturated rings. The molecule has 0 aromatic heterocycles. The molecular formula is C27H38ClN2O11P. The van der Waals surface area contributed by atoms with E-state index in [4.69, 9.17) is 34.9 Å².